The van der Waals surface area contributed by atoms with Crippen LogP contribution in [0.4, 0.5) is 0 Å². The predicted molar refractivity (Wildman–Crippen MR) is 74.7 cm³/mol. The zero-order valence-electron chi connectivity index (χ0n) is 11.9. The summed E-state index contributed by atoms with van der Waals surface area (Å²) in [6, 6.07) is 0.304. The number of aryl methyl sites for hydroxylation is 1. The van der Waals surface area contributed by atoms with Crippen molar-refractivity contribution < 1.29 is 5.11 Å². The van der Waals surface area contributed by atoms with Crippen molar-refractivity contribution in [2.45, 2.75) is 19.0 Å². The van der Waals surface area contributed by atoms with Gasteiger partial charge in [0, 0.05) is 57.6 Å². The first-order chi connectivity index (χ1) is 9.11. The van der Waals surface area contributed by atoms with Crippen molar-refractivity contribution >= 4 is 0 Å². The van der Waals surface area contributed by atoms with Crippen LogP contribution in [0, 0.1) is 0 Å². The van der Waals surface area contributed by atoms with Gasteiger partial charge in [-0.25, -0.2) is 0 Å². The molecule has 2 rings (SSSR count). The van der Waals surface area contributed by atoms with Crippen LogP contribution in [0.15, 0.2) is 12.4 Å². The summed E-state index contributed by atoms with van der Waals surface area (Å²) in [6.07, 6.45) is 3.96. The Morgan fingerprint density at radius 2 is 2.05 bits per heavy atom. The zero-order chi connectivity index (χ0) is 13.8. The lowest BCUT2D eigenvalue weighted by Gasteiger charge is -2.40. The molecule has 1 aromatic heterocycles. The molecule has 0 spiro atoms. The topological polar surface area (TPSA) is 70.5 Å². The Kier molecular flexibility index (Phi) is 4.93. The first-order valence-electron chi connectivity index (χ1n) is 6.93. The fourth-order valence-corrected chi connectivity index (χ4v) is 2.85. The van der Waals surface area contributed by atoms with Gasteiger partial charge in [-0.3, -0.25) is 14.5 Å². The van der Waals surface area contributed by atoms with Gasteiger partial charge < -0.3 is 10.8 Å². The Morgan fingerprint density at radius 1 is 1.37 bits per heavy atom. The summed E-state index contributed by atoms with van der Waals surface area (Å²) in [5.41, 5.74) is 7.36. The highest BCUT2D eigenvalue weighted by atomic mass is 16.3. The summed E-state index contributed by atoms with van der Waals surface area (Å²) in [7, 11) is 1.93. The second-order valence-electron chi connectivity index (χ2n) is 5.35. The van der Waals surface area contributed by atoms with Crippen molar-refractivity contribution in [3.05, 3.63) is 18.0 Å². The van der Waals surface area contributed by atoms with Crippen molar-refractivity contribution in [3.63, 3.8) is 0 Å². The first-order valence-corrected chi connectivity index (χ1v) is 6.93. The Hall–Kier alpha value is -0.950. The summed E-state index contributed by atoms with van der Waals surface area (Å²) in [6.45, 7) is 7.01. The van der Waals surface area contributed by atoms with Gasteiger partial charge in [-0.05, 0) is 6.92 Å². The highest BCUT2D eigenvalue weighted by molar-refractivity contribution is 5.13. The van der Waals surface area contributed by atoms with Crippen molar-refractivity contribution in [2.75, 3.05) is 39.3 Å². The van der Waals surface area contributed by atoms with E-state index in [9.17, 15) is 0 Å². The van der Waals surface area contributed by atoms with Gasteiger partial charge in [0.25, 0.3) is 0 Å². The van der Waals surface area contributed by atoms with Crippen molar-refractivity contribution in [1.29, 1.82) is 0 Å². The Bertz CT molecular complexity index is 384. The number of aliphatic hydroxyl groups is 1. The van der Waals surface area contributed by atoms with Gasteiger partial charge in [-0.15, -0.1) is 0 Å². The van der Waals surface area contributed by atoms with Crippen LogP contribution >= 0.6 is 0 Å². The van der Waals surface area contributed by atoms with E-state index in [1.165, 1.54) is 5.56 Å². The average Bonchev–Trinajstić information content (AvgIpc) is 2.78. The van der Waals surface area contributed by atoms with Gasteiger partial charge in [0.05, 0.1) is 18.8 Å². The van der Waals surface area contributed by atoms with Crippen LogP contribution in [0.1, 0.15) is 18.5 Å². The minimum absolute atomic E-state index is 0.0774. The minimum Gasteiger partial charge on any atom is -0.395 e. The second kappa shape index (κ2) is 6.47. The molecule has 2 unspecified atom stereocenters. The van der Waals surface area contributed by atoms with E-state index in [2.05, 4.69) is 21.8 Å². The molecule has 1 aliphatic rings. The van der Waals surface area contributed by atoms with Crippen LogP contribution in [-0.2, 0) is 7.05 Å². The molecule has 2 atom stereocenters. The summed E-state index contributed by atoms with van der Waals surface area (Å²) in [5, 5.41) is 13.2. The predicted octanol–water partition coefficient (Wildman–Crippen LogP) is -0.582. The lowest BCUT2D eigenvalue weighted by Crippen LogP contribution is -2.51. The Balaban J connectivity index is 2.01. The van der Waals surface area contributed by atoms with Crippen LogP contribution in [0.2, 0.25) is 0 Å². The minimum atomic E-state index is 0.0774. The maximum absolute atomic E-state index is 8.98. The summed E-state index contributed by atoms with van der Waals surface area (Å²) < 4.78 is 1.83. The normalized spacial score (nSPS) is 21.5. The number of hydrogen-bond donors (Lipinski definition) is 2. The lowest BCUT2D eigenvalue weighted by atomic mass is 10.0. The standard InChI is InChI=1S/C13H25N5O/c1-11(14)13(12-9-15-16(2)10-12)18-5-3-17(4-6-18)7-8-19/h9-11,13,19H,3-8,14H2,1-2H3. The fraction of sp³-hybridized carbons (Fsp3) is 0.769. The highest BCUT2D eigenvalue weighted by Gasteiger charge is 2.28. The fourth-order valence-electron chi connectivity index (χ4n) is 2.85. The molecule has 0 aliphatic carbocycles. The smallest absolute Gasteiger partial charge is 0.0558 e. The van der Waals surface area contributed by atoms with Crippen molar-refractivity contribution in [2.24, 2.45) is 12.8 Å². The quantitative estimate of drug-likeness (QED) is 0.747. The third kappa shape index (κ3) is 3.54. The van der Waals surface area contributed by atoms with Crippen LogP contribution in [0.5, 0.6) is 0 Å². The molecule has 0 aromatic carbocycles. The van der Waals surface area contributed by atoms with Crippen molar-refractivity contribution in [3.8, 4) is 0 Å². The molecule has 19 heavy (non-hydrogen) atoms. The molecule has 1 fully saturated rings. The van der Waals surface area contributed by atoms with Crippen LogP contribution in [0.25, 0.3) is 0 Å². The molecule has 6 heteroatoms. The number of piperazine rings is 1. The monoisotopic (exact) mass is 267 g/mol. The molecule has 0 bridgehead atoms. The van der Waals surface area contributed by atoms with E-state index in [0.29, 0.717) is 0 Å². The average molecular weight is 267 g/mol. The third-order valence-electron chi connectivity index (χ3n) is 3.78. The molecule has 2 heterocycles. The molecule has 1 aliphatic heterocycles. The maximum Gasteiger partial charge on any atom is 0.0558 e. The molecule has 108 valence electrons. The first kappa shape index (κ1) is 14.5. The number of rotatable bonds is 5. The van der Waals surface area contributed by atoms with Gasteiger partial charge in [-0.2, -0.15) is 5.10 Å². The molecule has 0 saturated carbocycles. The summed E-state index contributed by atoms with van der Waals surface area (Å²) >= 11 is 0. The number of aromatic nitrogens is 2. The number of nitrogens with zero attached hydrogens (tertiary/aromatic N) is 4. The van der Waals surface area contributed by atoms with E-state index < -0.39 is 0 Å². The number of nitrogens with two attached hydrogens (primary N) is 1. The molecule has 0 amide bonds. The highest BCUT2D eigenvalue weighted by Crippen LogP contribution is 2.24. The van der Waals surface area contributed by atoms with E-state index in [1.54, 1.807) is 0 Å². The molecule has 3 N–H and O–H groups in total. The van der Waals surface area contributed by atoms with E-state index in [1.807, 2.05) is 24.1 Å². The summed E-state index contributed by atoms with van der Waals surface area (Å²) in [5.74, 6) is 0. The Labute approximate surface area is 114 Å². The van der Waals surface area contributed by atoms with Gasteiger partial charge in [0.1, 0.15) is 0 Å². The van der Waals surface area contributed by atoms with E-state index in [4.69, 9.17) is 10.8 Å². The molecule has 1 aromatic rings. The van der Waals surface area contributed by atoms with Gasteiger partial charge in [0.2, 0.25) is 0 Å². The molecule has 1 saturated heterocycles. The molecular formula is C13H25N5O. The third-order valence-corrected chi connectivity index (χ3v) is 3.78. The molecule has 6 nitrogen and oxygen atoms in total. The maximum atomic E-state index is 8.98. The number of aliphatic hydroxyl groups excluding tert-OH is 1. The largest absolute Gasteiger partial charge is 0.395 e. The number of hydrogen-bond acceptors (Lipinski definition) is 5. The van der Waals surface area contributed by atoms with Crippen LogP contribution in [0.3, 0.4) is 0 Å². The lowest BCUT2D eigenvalue weighted by molar-refractivity contribution is 0.0760. The Morgan fingerprint density at radius 3 is 2.53 bits per heavy atom. The van der Waals surface area contributed by atoms with Crippen LogP contribution in [-0.4, -0.2) is 70.1 Å². The van der Waals surface area contributed by atoms with Gasteiger partial charge in [-0.1, -0.05) is 0 Å². The van der Waals surface area contributed by atoms with Crippen molar-refractivity contribution in [1.82, 2.24) is 19.6 Å². The number of β-amino-alcohol motifs (C(OH)–C–C–N with tert-alkyl or cyclic N) is 1. The van der Waals surface area contributed by atoms with E-state index in [0.717, 1.165) is 32.7 Å². The zero-order valence-corrected chi connectivity index (χ0v) is 11.9. The van der Waals surface area contributed by atoms with Crippen LogP contribution < -0.4 is 5.73 Å². The van der Waals surface area contributed by atoms with E-state index >= 15 is 0 Å². The summed E-state index contributed by atoms with van der Waals surface area (Å²) in [4.78, 5) is 4.72. The second-order valence-corrected chi connectivity index (χ2v) is 5.35. The molecular weight excluding hydrogens is 242 g/mol. The molecule has 0 radical (unpaired) electrons. The van der Waals surface area contributed by atoms with E-state index in [-0.39, 0.29) is 18.7 Å². The van der Waals surface area contributed by atoms with Gasteiger partial charge >= 0.3 is 0 Å². The SMILES string of the molecule is CC(N)C(c1cnn(C)c1)N1CCN(CCO)CC1. The van der Waals surface area contributed by atoms with Gasteiger partial charge in [0.15, 0.2) is 0 Å².